The van der Waals surface area contributed by atoms with Crippen LogP contribution >= 0.6 is 0 Å². The first-order chi connectivity index (χ1) is 11.2. The molecule has 0 radical (unpaired) electrons. The number of fused-ring (bicyclic) bond motifs is 1. The Morgan fingerprint density at radius 2 is 2.13 bits per heavy atom. The molecule has 6 nitrogen and oxygen atoms in total. The van der Waals surface area contributed by atoms with Gasteiger partial charge in [-0.3, -0.25) is 5.10 Å². The van der Waals surface area contributed by atoms with Crippen LogP contribution < -0.4 is 5.32 Å². The van der Waals surface area contributed by atoms with Crippen LogP contribution in [0.4, 0.5) is 5.82 Å². The lowest BCUT2D eigenvalue weighted by atomic mass is 10.2. The van der Waals surface area contributed by atoms with Crippen LogP contribution in [0.1, 0.15) is 54.0 Å². The Bertz CT molecular complexity index is 855. The molecule has 0 spiro atoms. The normalized spacial score (nSPS) is 14.6. The molecule has 6 heteroatoms. The Labute approximate surface area is 135 Å². The molecule has 0 saturated heterocycles. The van der Waals surface area contributed by atoms with Gasteiger partial charge in [0.15, 0.2) is 5.65 Å². The molecule has 3 aromatic rings. The van der Waals surface area contributed by atoms with E-state index in [1.165, 1.54) is 18.5 Å². The second kappa shape index (κ2) is 5.37. The number of H-pyrrole nitrogens is 1. The fourth-order valence-corrected chi connectivity index (χ4v) is 2.83. The number of aromatic amines is 1. The van der Waals surface area contributed by atoms with E-state index in [2.05, 4.69) is 46.6 Å². The standard InChI is InChI=1S/C17H22N6/c1-4-13-8-16(23-17(19-13)10(2)11(3)22-23)18-9-14-7-15(21-20-14)12-5-6-12/h7-8,12,18H,4-6,9H2,1-3H3,(H,20,21). The minimum Gasteiger partial charge on any atom is -0.364 e. The third-order valence-electron chi connectivity index (χ3n) is 4.58. The Morgan fingerprint density at radius 3 is 2.87 bits per heavy atom. The zero-order chi connectivity index (χ0) is 16.0. The first-order valence-corrected chi connectivity index (χ1v) is 8.29. The first kappa shape index (κ1) is 14.2. The van der Waals surface area contributed by atoms with Crippen LogP contribution in [0.25, 0.3) is 5.65 Å². The SMILES string of the molecule is CCc1cc(NCc2cc(C3CC3)n[nH]2)n2nc(C)c(C)c2n1. The van der Waals surface area contributed by atoms with Gasteiger partial charge in [-0.15, -0.1) is 0 Å². The van der Waals surface area contributed by atoms with Crippen LogP contribution in [-0.4, -0.2) is 24.8 Å². The highest BCUT2D eigenvalue weighted by atomic mass is 15.3. The molecule has 0 unspecified atom stereocenters. The van der Waals surface area contributed by atoms with E-state index in [-0.39, 0.29) is 0 Å². The predicted molar refractivity (Wildman–Crippen MR) is 89.7 cm³/mol. The second-order valence-corrected chi connectivity index (χ2v) is 6.38. The maximum Gasteiger partial charge on any atom is 0.160 e. The van der Waals surface area contributed by atoms with Crippen molar-refractivity contribution < 1.29 is 0 Å². The second-order valence-electron chi connectivity index (χ2n) is 6.38. The van der Waals surface area contributed by atoms with E-state index < -0.39 is 0 Å². The Morgan fingerprint density at radius 1 is 1.30 bits per heavy atom. The molecule has 1 aliphatic rings. The molecule has 120 valence electrons. The van der Waals surface area contributed by atoms with Gasteiger partial charge in [0.25, 0.3) is 0 Å². The van der Waals surface area contributed by atoms with Gasteiger partial charge in [0.2, 0.25) is 0 Å². The maximum atomic E-state index is 4.71. The van der Waals surface area contributed by atoms with Crippen LogP contribution in [0, 0.1) is 13.8 Å². The molecule has 0 bridgehead atoms. The zero-order valence-electron chi connectivity index (χ0n) is 13.8. The number of aryl methyl sites for hydroxylation is 3. The van der Waals surface area contributed by atoms with Crippen LogP contribution in [-0.2, 0) is 13.0 Å². The average Bonchev–Trinajstić information content (AvgIpc) is 3.24. The van der Waals surface area contributed by atoms with Crippen molar-refractivity contribution in [2.75, 3.05) is 5.32 Å². The number of nitrogens with one attached hydrogen (secondary N) is 2. The van der Waals surface area contributed by atoms with Crippen LogP contribution in [0.2, 0.25) is 0 Å². The van der Waals surface area contributed by atoms with Gasteiger partial charge in [-0.05, 0) is 39.2 Å². The van der Waals surface area contributed by atoms with Crippen molar-refractivity contribution in [2.24, 2.45) is 0 Å². The summed E-state index contributed by atoms with van der Waals surface area (Å²) in [4.78, 5) is 4.71. The fraction of sp³-hybridized carbons (Fsp3) is 0.471. The van der Waals surface area contributed by atoms with Gasteiger partial charge in [-0.1, -0.05) is 6.92 Å². The number of rotatable bonds is 5. The van der Waals surface area contributed by atoms with E-state index in [0.717, 1.165) is 40.5 Å². The molecule has 23 heavy (non-hydrogen) atoms. The minimum absolute atomic E-state index is 0.677. The molecule has 0 aromatic carbocycles. The highest BCUT2D eigenvalue weighted by molar-refractivity contribution is 5.56. The largest absolute Gasteiger partial charge is 0.364 e. The summed E-state index contributed by atoms with van der Waals surface area (Å²) in [7, 11) is 0. The molecular formula is C17H22N6. The summed E-state index contributed by atoms with van der Waals surface area (Å²) in [5.41, 5.74) is 6.48. The molecule has 3 aromatic heterocycles. The number of hydrogen-bond donors (Lipinski definition) is 2. The highest BCUT2D eigenvalue weighted by Gasteiger charge is 2.26. The third kappa shape index (κ3) is 2.58. The summed E-state index contributed by atoms with van der Waals surface area (Å²) in [5.74, 6) is 1.65. The molecule has 1 aliphatic carbocycles. The fourth-order valence-electron chi connectivity index (χ4n) is 2.83. The monoisotopic (exact) mass is 310 g/mol. The van der Waals surface area contributed by atoms with Gasteiger partial charge in [0.1, 0.15) is 5.82 Å². The van der Waals surface area contributed by atoms with Crippen molar-refractivity contribution in [3.8, 4) is 0 Å². The molecular weight excluding hydrogens is 288 g/mol. The van der Waals surface area contributed by atoms with Crippen LogP contribution in [0.15, 0.2) is 12.1 Å². The van der Waals surface area contributed by atoms with Gasteiger partial charge >= 0.3 is 0 Å². The van der Waals surface area contributed by atoms with Crippen molar-refractivity contribution in [3.63, 3.8) is 0 Å². The van der Waals surface area contributed by atoms with Crippen molar-refractivity contribution in [2.45, 2.75) is 52.5 Å². The van der Waals surface area contributed by atoms with E-state index in [4.69, 9.17) is 4.98 Å². The van der Waals surface area contributed by atoms with Gasteiger partial charge in [0, 0.05) is 23.2 Å². The molecule has 0 aliphatic heterocycles. The van der Waals surface area contributed by atoms with Crippen molar-refractivity contribution in [1.29, 1.82) is 0 Å². The molecule has 2 N–H and O–H groups in total. The molecule has 3 heterocycles. The highest BCUT2D eigenvalue weighted by Crippen LogP contribution is 2.39. The zero-order valence-corrected chi connectivity index (χ0v) is 13.8. The number of aromatic nitrogens is 5. The summed E-state index contributed by atoms with van der Waals surface area (Å²) in [6, 6.07) is 4.25. The van der Waals surface area contributed by atoms with Crippen molar-refractivity contribution in [3.05, 3.63) is 40.5 Å². The van der Waals surface area contributed by atoms with Crippen LogP contribution in [0.3, 0.4) is 0 Å². The first-order valence-electron chi connectivity index (χ1n) is 8.29. The number of nitrogens with zero attached hydrogens (tertiary/aromatic N) is 4. The number of anilines is 1. The Kier molecular flexibility index (Phi) is 3.32. The quantitative estimate of drug-likeness (QED) is 0.759. The Balaban J connectivity index is 1.62. The van der Waals surface area contributed by atoms with Crippen molar-refractivity contribution in [1.82, 2.24) is 24.8 Å². The van der Waals surface area contributed by atoms with E-state index in [9.17, 15) is 0 Å². The van der Waals surface area contributed by atoms with Gasteiger partial charge in [0.05, 0.1) is 23.6 Å². The molecule has 0 atom stereocenters. The third-order valence-corrected chi connectivity index (χ3v) is 4.58. The lowest BCUT2D eigenvalue weighted by Crippen LogP contribution is -2.08. The van der Waals surface area contributed by atoms with Gasteiger partial charge < -0.3 is 5.32 Å². The lowest BCUT2D eigenvalue weighted by Gasteiger charge is -2.09. The Hall–Kier alpha value is -2.37. The molecule has 0 amide bonds. The summed E-state index contributed by atoms with van der Waals surface area (Å²) in [6.45, 7) is 6.93. The molecule has 1 fully saturated rings. The lowest BCUT2D eigenvalue weighted by molar-refractivity contribution is 0.878. The van der Waals surface area contributed by atoms with E-state index >= 15 is 0 Å². The van der Waals surface area contributed by atoms with Crippen LogP contribution in [0.5, 0.6) is 0 Å². The van der Waals surface area contributed by atoms with Crippen molar-refractivity contribution >= 4 is 11.5 Å². The van der Waals surface area contributed by atoms with E-state index in [0.29, 0.717) is 12.5 Å². The smallest absolute Gasteiger partial charge is 0.160 e. The summed E-state index contributed by atoms with van der Waals surface area (Å²) in [5, 5.41) is 15.6. The maximum absolute atomic E-state index is 4.71. The molecule has 1 saturated carbocycles. The number of hydrogen-bond acceptors (Lipinski definition) is 4. The van der Waals surface area contributed by atoms with E-state index in [1.54, 1.807) is 0 Å². The minimum atomic E-state index is 0.677. The average molecular weight is 310 g/mol. The topological polar surface area (TPSA) is 70.9 Å². The predicted octanol–water partition coefficient (Wildman–Crippen LogP) is 3.12. The summed E-state index contributed by atoms with van der Waals surface area (Å²) >= 11 is 0. The summed E-state index contributed by atoms with van der Waals surface area (Å²) in [6.07, 6.45) is 3.45. The van der Waals surface area contributed by atoms with Gasteiger partial charge in [-0.25, -0.2) is 4.98 Å². The molecule has 4 rings (SSSR count). The summed E-state index contributed by atoms with van der Waals surface area (Å²) < 4.78 is 1.90. The van der Waals surface area contributed by atoms with Gasteiger partial charge in [-0.2, -0.15) is 14.7 Å². The van der Waals surface area contributed by atoms with E-state index in [1.807, 2.05) is 11.4 Å².